The molecule has 1 aliphatic rings. The van der Waals surface area contributed by atoms with E-state index in [-0.39, 0.29) is 5.91 Å². The van der Waals surface area contributed by atoms with Crippen LogP contribution in [-0.2, 0) is 17.8 Å². The monoisotopic (exact) mass is 308 g/mol. The first-order chi connectivity index (χ1) is 11.2. The Bertz CT molecular complexity index is 893. The summed E-state index contributed by atoms with van der Waals surface area (Å²) in [5, 5.41) is 4.49. The highest BCUT2D eigenvalue weighted by atomic mass is 16.3. The van der Waals surface area contributed by atoms with Crippen molar-refractivity contribution in [2.45, 2.75) is 19.9 Å². The van der Waals surface area contributed by atoms with Gasteiger partial charge in [0.2, 0.25) is 5.91 Å². The number of amides is 1. The predicted molar refractivity (Wildman–Crippen MR) is 84.6 cm³/mol. The molecule has 0 aliphatic carbocycles. The lowest BCUT2D eigenvalue weighted by molar-refractivity contribution is -0.126. The summed E-state index contributed by atoms with van der Waals surface area (Å²) in [6.07, 6.45) is 7.45. The van der Waals surface area contributed by atoms with Gasteiger partial charge in [-0.3, -0.25) is 4.79 Å². The molecule has 1 aliphatic heterocycles. The fourth-order valence-corrected chi connectivity index (χ4v) is 2.89. The Morgan fingerprint density at radius 1 is 1.43 bits per heavy atom. The lowest BCUT2D eigenvalue weighted by Gasteiger charge is -2.27. The summed E-state index contributed by atoms with van der Waals surface area (Å²) >= 11 is 0. The summed E-state index contributed by atoms with van der Waals surface area (Å²) in [5.41, 5.74) is 4.00. The smallest absolute Gasteiger partial charge is 0.247 e. The standard InChI is InChI=1S/C17H16N4O2/c1-12-9-16-18-10-13-11-20(7-6-15(13)21(16)19-12)17(22)5-4-14-3-2-8-23-14/h2-5,8-10H,6-7,11H2,1H3. The maximum absolute atomic E-state index is 12.3. The van der Waals surface area contributed by atoms with Gasteiger partial charge < -0.3 is 9.32 Å². The normalized spacial score (nSPS) is 14.6. The Kier molecular flexibility index (Phi) is 3.22. The van der Waals surface area contributed by atoms with Crippen LogP contribution in [0.2, 0.25) is 0 Å². The molecule has 0 atom stereocenters. The van der Waals surface area contributed by atoms with Crippen molar-refractivity contribution >= 4 is 17.6 Å². The van der Waals surface area contributed by atoms with Crippen LogP contribution in [0.25, 0.3) is 11.7 Å². The Balaban J connectivity index is 1.56. The highest BCUT2D eigenvalue weighted by Gasteiger charge is 2.22. The molecular formula is C17H16N4O2. The van der Waals surface area contributed by atoms with Crippen molar-refractivity contribution in [3.63, 3.8) is 0 Å². The molecule has 3 aromatic heterocycles. The van der Waals surface area contributed by atoms with Crippen molar-refractivity contribution in [3.05, 3.63) is 59.4 Å². The van der Waals surface area contributed by atoms with E-state index < -0.39 is 0 Å². The minimum Gasteiger partial charge on any atom is -0.465 e. The van der Waals surface area contributed by atoms with E-state index >= 15 is 0 Å². The van der Waals surface area contributed by atoms with E-state index in [1.165, 1.54) is 0 Å². The van der Waals surface area contributed by atoms with Crippen LogP contribution in [0, 0.1) is 6.92 Å². The van der Waals surface area contributed by atoms with Gasteiger partial charge in [-0.15, -0.1) is 0 Å². The first kappa shape index (κ1) is 13.8. The first-order valence-electron chi connectivity index (χ1n) is 7.54. The summed E-state index contributed by atoms with van der Waals surface area (Å²) in [7, 11) is 0. The number of fused-ring (bicyclic) bond motifs is 3. The molecule has 1 amide bonds. The predicted octanol–water partition coefficient (Wildman–Crippen LogP) is 2.23. The zero-order chi connectivity index (χ0) is 15.8. The van der Waals surface area contributed by atoms with Gasteiger partial charge in [-0.1, -0.05) is 0 Å². The van der Waals surface area contributed by atoms with E-state index in [0.29, 0.717) is 18.8 Å². The van der Waals surface area contributed by atoms with Crippen LogP contribution in [0.4, 0.5) is 0 Å². The zero-order valence-corrected chi connectivity index (χ0v) is 12.8. The van der Waals surface area contributed by atoms with Gasteiger partial charge in [0.05, 0.1) is 17.7 Å². The van der Waals surface area contributed by atoms with Crippen molar-refractivity contribution in [1.29, 1.82) is 0 Å². The van der Waals surface area contributed by atoms with Crippen LogP contribution >= 0.6 is 0 Å². The molecule has 6 nitrogen and oxygen atoms in total. The molecule has 0 spiro atoms. The molecule has 0 bridgehead atoms. The lowest BCUT2D eigenvalue weighted by Crippen LogP contribution is -2.36. The van der Waals surface area contributed by atoms with Gasteiger partial charge in [0.1, 0.15) is 5.76 Å². The van der Waals surface area contributed by atoms with Crippen molar-refractivity contribution < 1.29 is 9.21 Å². The van der Waals surface area contributed by atoms with Crippen LogP contribution in [0.3, 0.4) is 0 Å². The molecule has 0 fully saturated rings. The van der Waals surface area contributed by atoms with Crippen molar-refractivity contribution in [2.75, 3.05) is 6.54 Å². The number of rotatable bonds is 2. The molecule has 4 heterocycles. The van der Waals surface area contributed by atoms with Gasteiger partial charge >= 0.3 is 0 Å². The topological polar surface area (TPSA) is 63.6 Å². The number of carbonyl (C=O) groups is 1. The second kappa shape index (κ2) is 5.39. The highest BCUT2D eigenvalue weighted by molar-refractivity contribution is 5.91. The third kappa shape index (κ3) is 2.52. The van der Waals surface area contributed by atoms with E-state index in [1.54, 1.807) is 24.5 Å². The minimum atomic E-state index is -0.0243. The molecule has 116 valence electrons. The van der Waals surface area contributed by atoms with Crippen molar-refractivity contribution in [2.24, 2.45) is 0 Å². The van der Waals surface area contributed by atoms with Gasteiger partial charge in [-0.25, -0.2) is 9.50 Å². The van der Waals surface area contributed by atoms with E-state index in [4.69, 9.17) is 4.42 Å². The highest BCUT2D eigenvalue weighted by Crippen LogP contribution is 2.20. The second-order valence-electron chi connectivity index (χ2n) is 5.64. The molecule has 3 aromatic rings. The average molecular weight is 308 g/mol. The fraction of sp³-hybridized carbons (Fsp3) is 0.235. The number of hydrogen-bond donors (Lipinski definition) is 0. The van der Waals surface area contributed by atoms with Gasteiger partial charge in [-0.05, 0) is 25.1 Å². The van der Waals surface area contributed by atoms with Crippen LogP contribution in [0.1, 0.15) is 22.7 Å². The quantitative estimate of drug-likeness (QED) is 0.681. The largest absolute Gasteiger partial charge is 0.465 e. The lowest BCUT2D eigenvalue weighted by atomic mass is 10.1. The van der Waals surface area contributed by atoms with Crippen LogP contribution in [0.5, 0.6) is 0 Å². The number of aryl methyl sites for hydroxylation is 1. The molecule has 6 heteroatoms. The average Bonchev–Trinajstić information content (AvgIpc) is 3.20. The zero-order valence-electron chi connectivity index (χ0n) is 12.8. The van der Waals surface area contributed by atoms with Crippen LogP contribution in [0.15, 0.2) is 41.2 Å². The molecule has 0 N–H and O–H groups in total. The van der Waals surface area contributed by atoms with Gasteiger partial charge in [0, 0.05) is 43.4 Å². The summed E-state index contributed by atoms with van der Waals surface area (Å²) in [6, 6.07) is 5.57. The molecule has 23 heavy (non-hydrogen) atoms. The Hall–Kier alpha value is -2.89. The third-order valence-corrected chi connectivity index (χ3v) is 4.02. The summed E-state index contributed by atoms with van der Waals surface area (Å²) < 4.78 is 7.09. The molecule has 0 radical (unpaired) electrons. The van der Waals surface area contributed by atoms with E-state index in [0.717, 1.165) is 29.0 Å². The minimum absolute atomic E-state index is 0.0243. The fourth-order valence-electron chi connectivity index (χ4n) is 2.89. The summed E-state index contributed by atoms with van der Waals surface area (Å²) in [6.45, 7) is 3.18. The Morgan fingerprint density at radius 2 is 2.35 bits per heavy atom. The summed E-state index contributed by atoms with van der Waals surface area (Å²) in [5.74, 6) is 0.648. The molecule has 4 rings (SSSR count). The second-order valence-corrected chi connectivity index (χ2v) is 5.64. The maximum atomic E-state index is 12.3. The SMILES string of the molecule is Cc1cc2ncc3c(n2n1)CCN(C(=O)C=Cc1ccco1)C3. The molecule has 0 unspecified atom stereocenters. The first-order valence-corrected chi connectivity index (χ1v) is 7.54. The van der Waals surface area contributed by atoms with Gasteiger partial charge in [0.25, 0.3) is 0 Å². The number of furan rings is 1. The number of carbonyl (C=O) groups excluding carboxylic acids is 1. The van der Waals surface area contributed by atoms with E-state index in [2.05, 4.69) is 10.1 Å². The van der Waals surface area contributed by atoms with Crippen molar-refractivity contribution in [1.82, 2.24) is 19.5 Å². The number of hydrogen-bond acceptors (Lipinski definition) is 4. The number of nitrogens with zero attached hydrogens (tertiary/aromatic N) is 4. The number of aromatic nitrogens is 3. The third-order valence-electron chi connectivity index (χ3n) is 4.02. The Labute approximate surface area is 133 Å². The Morgan fingerprint density at radius 3 is 3.17 bits per heavy atom. The van der Waals surface area contributed by atoms with E-state index in [1.807, 2.05) is 34.7 Å². The van der Waals surface area contributed by atoms with E-state index in [9.17, 15) is 4.79 Å². The van der Waals surface area contributed by atoms with Crippen LogP contribution < -0.4 is 0 Å². The molecule has 0 saturated carbocycles. The van der Waals surface area contributed by atoms with Gasteiger partial charge in [0.15, 0.2) is 5.65 Å². The van der Waals surface area contributed by atoms with Gasteiger partial charge in [-0.2, -0.15) is 5.10 Å². The van der Waals surface area contributed by atoms with Crippen molar-refractivity contribution in [3.8, 4) is 0 Å². The summed E-state index contributed by atoms with van der Waals surface area (Å²) in [4.78, 5) is 18.6. The molecule has 0 aromatic carbocycles. The van der Waals surface area contributed by atoms with Crippen LogP contribution in [-0.4, -0.2) is 31.9 Å². The maximum Gasteiger partial charge on any atom is 0.247 e. The molecule has 0 saturated heterocycles. The molecular weight excluding hydrogens is 292 g/mol.